The molecule has 0 fully saturated rings. The summed E-state index contributed by atoms with van der Waals surface area (Å²) in [6.07, 6.45) is 13.9. The zero-order chi connectivity index (χ0) is 23.5. The van der Waals surface area contributed by atoms with Crippen LogP contribution in [0.3, 0.4) is 0 Å². The molecule has 1 aromatic heterocycles. The van der Waals surface area contributed by atoms with Crippen molar-refractivity contribution >= 4 is 17.0 Å². The molecule has 174 valence electrons. The van der Waals surface area contributed by atoms with Crippen molar-refractivity contribution in [3.05, 3.63) is 84.2 Å². The average molecular weight is 446 g/mol. The van der Waals surface area contributed by atoms with Crippen molar-refractivity contribution in [2.75, 3.05) is 6.61 Å². The van der Waals surface area contributed by atoms with Gasteiger partial charge in [0.15, 0.2) is 0 Å². The van der Waals surface area contributed by atoms with E-state index >= 15 is 0 Å². The van der Waals surface area contributed by atoms with Crippen LogP contribution in [-0.4, -0.2) is 17.7 Å². The molecule has 33 heavy (non-hydrogen) atoms. The van der Waals surface area contributed by atoms with Gasteiger partial charge in [0, 0.05) is 17.6 Å². The minimum atomic E-state index is -0.216. The predicted octanol–water partition coefficient (Wildman–Crippen LogP) is 8.55. The van der Waals surface area contributed by atoms with Crippen LogP contribution in [0, 0.1) is 5.82 Å². The maximum absolute atomic E-state index is 14.3. The van der Waals surface area contributed by atoms with E-state index in [-0.39, 0.29) is 5.82 Å². The molecular formula is C30H36FNO. The Bertz CT molecular complexity index is 1070. The first-order valence-corrected chi connectivity index (χ1v) is 12.2. The molecule has 2 nitrogen and oxygen atoms in total. The number of halogens is 1. The van der Waals surface area contributed by atoms with Gasteiger partial charge in [-0.25, -0.2) is 9.37 Å². The molecule has 0 N–H and O–H groups in total. The van der Waals surface area contributed by atoms with Gasteiger partial charge in [-0.3, -0.25) is 0 Å². The first kappa shape index (κ1) is 24.9. The molecule has 2 aromatic carbocycles. The fourth-order valence-electron chi connectivity index (χ4n) is 3.90. The highest BCUT2D eigenvalue weighted by atomic mass is 19.1. The number of benzene rings is 2. The number of fused-ring (bicyclic) bond motifs is 1. The van der Waals surface area contributed by atoms with E-state index in [0.29, 0.717) is 18.1 Å². The number of allylic oxidation sites excluding steroid dienone is 2. The number of hydrogen-bond acceptors (Lipinski definition) is 2. The van der Waals surface area contributed by atoms with Crippen LogP contribution in [0.4, 0.5) is 4.39 Å². The van der Waals surface area contributed by atoms with Crippen LogP contribution in [-0.2, 0) is 11.2 Å². The molecule has 0 saturated carbocycles. The summed E-state index contributed by atoms with van der Waals surface area (Å²) < 4.78 is 20.2. The highest BCUT2D eigenvalue weighted by molar-refractivity contribution is 5.83. The lowest BCUT2D eigenvalue weighted by Crippen LogP contribution is -2.08. The normalized spacial score (nSPS) is 12.5. The second-order valence-corrected chi connectivity index (χ2v) is 8.67. The van der Waals surface area contributed by atoms with E-state index in [4.69, 9.17) is 9.72 Å². The van der Waals surface area contributed by atoms with E-state index < -0.39 is 0 Å². The van der Waals surface area contributed by atoms with Gasteiger partial charge in [-0.15, -0.1) is 6.58 Å². The lowest BCUT2D eigenvalue weighted by molar-refractivity contribution is 0.0566. The minimum absolute atomic E-state index is 0.216. The Morgan fingerprint density at radius 3 is 2.73 bits per heavy atom. The highest BCUT2D eigenvalue weighted by Crippen LogP contribution is 2.24. The molecule has 1 heterocycles. The molecule has 0 amide bonds. The van der Waals surface area contributed by atoms with Crippen molar-refractivity contribution in [3.63, 3.8) is 0 Å². The third-order valence-corrected chi connectivity index (χ3v) is 5.87. The van der Waals surface area contributed by atoms with Crippen LogP contribution in [0.5, 0.6) is 0 Å². The summed E-state index contributed by atoms with van der Waals surface area (Å²) in [7, 11) is 0. The molecule has 0 radical (unpaired) electrons. The summed E-state index contributed by atoms with van der Waals surface area (Å²) in [4.78, 5) is 4.74. The summed E-state index contributed by atoms with van der Waals surface area (Å²) in [5.41, 5.74) is 4.30. The van der Waals surface area contributed by atoms with Crippen LogP contribution >= 0.6 is 0 Å². The van der Waals surface area contributed by atoms with Gasteiger partial charge in [-0.2, -0.15) is 0 Å². The van der Waals surface area contributed by atoms with Crippen LogP contribution in [0.15, 0.2) is 67.3 Å². The number of unbranched alkanes of at least 4 members (excludes halogenated alkanes) is 3. The molecule has 0 aliphatic carbocycles. The second kappa shape index (κ2) is 13.1. The highest BCUT2D eigenvalue weighted by Gasteiger charge is 2.07. The third kappa shape index (κ3) is 7.64. The first-order valence-electron chi connectivity index (χ1n) is 12.2. The molecule has 3 heteroatoms. The smallest absolute Gasteiger partial charge is 0.127 e. The third-order valence-electron chi connectivity index (χ3n) is 5.87. The molecule has 3 aromatic rings. The fraction of sp³-hybridized carbons (Fsp3) is 0.367. The van der Waals surface area contributed by atoms with Crippen molar-refractivity contribution in [1.29, 1.82) is 0 Å². The quantitative estimate of drug-likeness (QED) is 0.194. The van der Waals surface area contributed by atoms with Gasteiger partial charge in [0.2, 0.25) is 0 Å². The number of aromatic nitrogens is 1. The molecule has 3 rings (SSSR count). The standard InChI is InChI=1S/C30H36FNO/c1-4-6-10-20-33-23(3)12-8-7-9-13-24-14-18-29-26(21-24)17-19-30(32-29)27-16-15-25(11-5-2)28(31)22-27/h5,9,13-19,21-23H,2,4,6-8,10-12,20H2,1,3H3. The Morgan fingerprint density at radius 2 is 1.94 bits per heavy atom. The van der Waals surface area contributed by atoms with Gasteiger partial charge in [-0.05, 0) is 74.4 Å². The number of hydrogen-bond donors (Lipinski definition) is 0. The Balaban J connectivity index is 1.55. The molecule has 0 spiro atoms. The molecule has 0 bridgehead atoms. The van der Waals surface area contributed by atoms with E-state index in [1.54, 1.807) is 12.1 Å². The number of pyridine rings is 1. The van der Waals surface area contributed by atoms with Gasteiger partial charge in [0.25, 0.3) is 0 Å². The summed E-state index contributed by atoms with van der Waals surface area (Å²) >= 11 is 0. The summed E-state index contributed by atoms with van der Waals surface area (Å²) in [6, 6.07) is 15.6. The van der Waals surface area contributed by atoms with Crippen LogP contribution in [0.1, 0.15) is 63.5 Å². The van der Waals surface area contributed by atoms with E-state index in [0.717, 1.165) is 54.5 Å². The average Bonchev–Trinajstić information content (AvgIpc) is 2.82. The van der Waals surface area contributed by atoms with Crippen LogP contribution < -0.4 is 0 Å². The fourth-order valence-corrected chi connectivity index (χ4v) is 3.90. The topological polar surface area (TPSA) is 22.1 Å². The number of nitrogens with zero attached hydrogens (tertiary/aromatic N) is 1. The molecule has 0 aliphatic heterocycles. The zero-order valence-electron chi connectivity index (χ0n) is 20.0. The summed E-state index contributed by atoms with van der Waals surface area (Å²) in [5, 5.41) is 1.08. The van der Waals surface area contributed by atoms with E-state index in [2.05, 4.69) is 50.8 Å². The molecule has 1 unspecified atom stereocenters. The lowest BCUT2D eigenvalue weighted by atomic mass is 10.0. The Morgan fingerprint density at radius 1 is 1.06 bits per heavy atom. The lowest BCUT2D eigenvalue weighted by Gasteiger charge is -2.12. The number of ether oxygens (including phenoxy) is 1. The predicted molar refractivity (Wildman–Crippen MR) is 139 cm³/mol. The van der Waals surface area contributed by atoms with Gasteiger partial charge >= 0.3 is 0 Å². The number of rotatable bonds is 13. The van der Waals surface area contributed by atoms with Crippen molar-refractivity contribution < 1.29 is 9.13 Å². The van der Waals surface area contributed by atoms with Crippen molar-refractivity contribution in [3.8, 4) is 11.3 Å². The Kier molecular flexibility index (Phi) is 9.83. The van der Waals surface area contributed by atoms with Gasteiger partial charge in [0.1, 0.15) is 5.82 Å². The van der Waals surface area contributed by atoms with Crippen LogP contribution in [0.25, 0.3) is 28.2 Å². The summed E-state index contributed by atoms with van der Waals surface area (Å²) in [5.74, 6) is -0.216. The maximum Gasteiger partial charge on any atom is 0.127 e. The first-order chi connectivity index (χ1) is 16.1. The minimum Gasteiger partial charge on any atom is -0.379 e. The van der Waals surface area contributed by atoms with Gasteiger partial charge in [-0.1, -0.05) is 62.3 Å². The van der Waals surface area contributed by atoms with Crippen molar-refractivity contribution in [2.24, 2.45) is 0 Å². The van der Waals surface area contributed by atoms with Gasteiger partial charge in [0.05, 0.1) is 17.3 Å². The zero-order valence-corrected chi connectivity index (χ0v) is 20.0. The Labute approximate surface area is 198 Å². The summed E-state index contributed by atoms with van der Waals surface area (Å²) in [6.45, 7) is 8.95. The largest absolute Gasteiger partial charge is 0.379 e. The Hall–Kier alpha value is -2.78. The van der Waals surface area contributed by atoms with Crippen molar-refractivity contribution in [1.82, 2.24) is 4.98 Å². The molecule has 0 saturated heterocycles. The molecule has 0 aliphatic rings. The van der Waals surface area contributed by atoms with E-state index in [9.17, 15) is 4.39 Å². The van der Waals surface area contributed by atoms with Gasteiger partial charge < -0.3 is 4.74 Å². The van der Waals surface area contributed by atoms with Crippen LogP contribution in [0.2, 0.25) is 0 Å². The molecular weight excluding hydrogens is 409 g/mol. The molecule has 1 atom stereocenters. The monoisotopic (exact) mass is 445 g/mol. The SMILES string of the molecule is C=CCc1ccc(-c2ccc3cc(C=CCCCC(C)OCCCCC)ccc3n2)cc1F. The van der Waals surface area contributed by atoms with Crippen molar-refractivity contribution in [2.45, 2.75) is 64.9 Å². The van der Waals surface area contributed by atoms with E-state index in [1.807, 2.05) is 24.3 Å². The second-order valence-electron chi connectivity index (χ2n) is 8.67. The maximum atomic E-state index is 14.3. The van der Waals surface area contributed by atoms with E-state index in [1.165, 1.54) is 18.4 Å².